The highest BCUT2D eigenvalue weighted by Crippen LogP contribution is 2.29. The Labute approximate surface area is 201 Å². The van der Waals surface area contributed by atoms with Gasteiger partial charge in [0.05, 0.1) is 10.5 Å². The summed E-state index contributed by atoms with van der Waals surface area (Å²) in [5.74, 6) is -0.732. The first-order chi connectivity index (χ1) is 16.3. The minimum absolute atomic E-state index is 0.0510. The van der Waals surface area contributed by atoms with E-state index < -0.39 is 37.7 Å². The second-order valence-corrected chi connectivity index (χ2v) is 11.6. The Morgan fingerprint density at radius 2 is 1.69 bits per heavy atom. The minimum Gasteiger partial charge on any atom is -0.348 e. The summed E-state index contributed by atoms with van der Waals surface area (Å²) >= 11 is 0. The Balaban J connectivity index is 1.56. The van der Waals surface area contributed by atoms with Crippen LogP contribution in [0.15, 0.2) is 65.4 Å². The van der Waals surface area contributed by atoms with Crippen molar-refractivity contribution in [2.75, 3.05) is 19.6 Å². The van der Waals surface area contributed by atoms with Gasteiger partial charge in [0, 0.05) is 37.2 Å². The van der Waals surface area contributed by atoms with Gasteiger partial charge < -0.3 is 5.32 Å². The van der Waals surface area contributed by atoms with Crippen LogP contribution in [0.3, 0.4) is 0 Å². The van der Waals surface area contributed by atoms with E-state index in [1.54, 1.807) is 0 Å². The zero-order valence-corrected chi connectivity index (χ0v) is 20.1. The van der Waals surface area contributed by atoms with E-state index in [4.69, 9.17) is 0 Å². The number of nitrogens with zero attached hydrogens (tertiary/aromatic N) is 1. The summed E-state index contributed by atoms with van der Waals surface area (Å²) < 4.78 is 90.4. The zero-order valence-electron chi connectivity index (χ0n) is 18.5. The van der Waals surface area contributed by atoms with E-state index in [2.05, 4.69) is 16.6 Å². The Morgan fingerprint density at radius 1 is 1.06 bits per heavy atom. The van der Waals surface area contributed by atoms with Crippen molar-refractivity contribution in [3.8, 4) is 0 Å². The monoisotopic (exact) mass is 531 g/mol. The normalized spacial score (nSPS) is 17.3. The maximum Gasteiger partial charge on any atom is 0.416 e. The lowest BCUT2D eigenvalue weighted by Crippen LogP contribution is -2.32. The van der Waals surface area contributed by atoms with Gasteiger partial charge in [0.25, 0.3) is 5.91 Å². The van der Waals surface area contributed by atoms with Crippen LogP contribution in [0.2, 0.25) is 0 Å². The quantitative estimate of drug-likeness (QED) is 0.517. The van der Waals surface area contributed by atoms with Gasteiger partial charge in [-0.25, -0.2) is 21.6 Å². The van der Waals surface area contributed by atoms with Crippen molar-refractivity contribution in [3.05, 3.63) is 77.2 Å². The van der Waals surface area contributed by atoms with Crippen molar-refractivity contribution in [2.45, 2.75) is 24.0 Å². The molecule has 8 nitrogen and oxygen atoms in total. The molecule has 13 heteroatoms. The van der Waals surface area contributed by atoms with Crippen molar-refractivity contribution in [1.29, 1.82) is 0 Å². The molecule has 1 saturated heterocycles. The van der Waals surface area contributed by atoms with Crippen molar-refractivity contribution in [1.82, 2.24) is 14.3 Å². The van der Waals surface area contributed by atoms with Gasteiger partial charge >= 0.3 is 6.18 Å². The van der Waals surface area contributed by atoms with Crippen LogP contribution in [-0.2, 0) is 32.8 Å². The molecule has 3 rings (SSSR count). The molecule has 0 radical (unpaired) electrons. The number of hydrogen-bond donors (Lipinski definition) is 2. The maximum atomic E-state index is 12.9. The lowest BCUT2D eigenvalue weighted by molar-refractivity contribution is -0.137. The first-order valence-electron chi connectivity index (χ1n) is 10.5. The molecule has 2 N–H and O–H groups in total. The number of rotatable bonds is 9. The fourth-order valence-electron chi connectivity index (χ4n) is 3.50. The lowest BCUT2D eigenvalue weighted by atomic mass is 10.1. The van der Waals surface area contributed by atoms with Gasteiger partial charge in [0.1, 0.15) is 0 Å². The molecule has 1 fully saturated rings. The van der Waals surface area contributed by atoms with Gasteiger partial charge in [-0.15, -0.1) is 0 Å². The Morgan fingerprint density at radius 3 is 2.26 bits per heavy atom. The smallest absolute Gasteiger partial charge is 0.348 e. The van der Waals surface area contributed by atoms with E-state index >= 15 is 0 Å². The van der Waals surface area contributed by atoms with Crippen LogP contribution in [0.25, 0.3) is 0 Å². The van der Waals surface area contributed by atoms with Crippen LogP contribution in [0.1, 0.15) is 27.9 Å². The fourth-order valence-corrected chi connectivity index (χ4v) is 5.62. The minimum atomic E-state index is -4.49. The van der Waals surface area contributed by atoms with Crippen molar-refractivity contribution in [3.63, 3.8) is 0 Å². The Kier molecular flexibility index (Phi) is 8.04. The molecule has 1 heterocycles. The summed E-state index contributed by atoms with van der Waals surface area (Å²) in [4.78, 5) is 12.3. The third kappa shape index (κ3) is 6.90. The summed E-state index contributed by atoms with van der Waals surface area (Å²) in [5.41, 5.74) is -0.188. The standard InChI is InChI=1S/C22H24F3N3O5S2/c1-2-34(30,31)27-14-17-11-12-28(15-17)35(32,33)20-9-3-16(4-10-20)13-26-21(29)18-5-7-19(8-6-18)22(23,24)25/h2-10,17,27H,1,11-15H2,(H,26,29)/t17-/m1/s1. The number of carbonyl (C=O) groups excluding carboxylic acids is 1. The third-order valence-electron chi connectivity index (χ3n) is 5.53. The summed E-state index contributed by atoms with van der Waals surface area (Å²) in [6.45, 7) is 3.80. The molecule has 0 aromatic heterocycles. The predicted molar refractivity (Wildman–Crippen MR) is 123 cm³/mol. The van der Waals surface area contributed by atoms with E-state index in [0.29, 0.717) is 12.0 Å². The molecule has 0 saturated carbocycles. The van der Waals surface area contributed by atoms with Gasteiger partial charge in [-0.1, -0.05) is 18.7 Å². The lowest BCUT2D eigenvalue weighted by Gasteiger charge is -2.17. The summed E-state index contributed by atoms with van der Waals surface area (Å²) in [6, 6.07) is 9.69. The van der Waals surface area contributed by atoms with E-state index in [-0.39, 0.29) is 42.6 Å². The molecule has 190 valence electrons. The second kappa shape index (κ2) is 10.5. The number of nitrogens with one attached hydrogen (secondary N) is 2. The summed E-state index contributed by atoms with van der Waals surface area (Å²) in [7, 11) is -7.36. The van der Waals surface area contributed by atoms with Gasteiger partial charge in [0.2, 0.25) is 20.0 Å². The number of benzene rings is 2. The average molecular weight is 532 g/mol. The molecule has 1 aliphatic rings. The highest BCUT2D eigenvalue weighted by atomic mass is 32.2. The molecule has 0 bridgehead atoms. The number of hydrogen-bond acceptors (Lipinski definition) is 5. The van der Waals surface area contributed by atoms with Gasteiger partial charge in [0.15, 0.2) is 0 Å². The van der Waals surface area contributed by atoms with E-state index in [1.165, 1.54) is 28.6 Å². The molecule has 1 amide bonds. The second-order valence-electron chi connectivity index (χ2n) is 7.98. The van der Waals surface area contributed by atoms with Crippen molar-refractivity contribution in [2.24, 2.45) is 5.92 Å². The highest BCUT2D eigenvalue weighted by molar-refractivity contribution is 7.92. The van der Waals surface area contributed by atoms with Gasteiger partial charge in [-0.05, 0) is 54.3 Å². The number of carbonyl (C=O) groups is 1. The molecule has 2 aromatic rings. The molecule has 0 unspecified atom stereocenters. The van der Waals surface area contributed by atoms with E-state index in [9.17, 15) is 34.8 Å². The van der Waals surface area contributed by atoms with E-state index in [0.717, 1.165) is 29.7 Å². The van der Waals surface area contributed by atoms with Crippen LogP contribution in [0, 0.1) is 5.92 Å². The Bertz CT molecular complexity index is 1280. The fraction of sp³-hybridized carbons (Fsp3) is 0.318. The molecular weight excluding hydrogens is 507 g/mol. The van der Waals surface area contributed by atoms with Crippen LogP contribution in [-0.4, -0.2) is 46.7 Å². The predicted octanol–water partition coefficient (Wildman–Crippen LogP) is 2.71. The van der Waals surface area contributed by atoms with Gasteiger partial charge in [-0.2, -0.15) is 17.5 Å². The van der Waals surface area contributed by atoms with E-state index in [1.807, 2.05) is 0 Å². The molecule has 0 aliphatic carbocycles. The van der Waals surface area contributed by atoms with Crippen LogP contribution >= 0.6 is 0 Å². The van der Waals surface area contributed by atoms with Crippen molar-refractivity contribution < 1.29 is 34.8 Å². The number of sulfonamides is 2. The number of amides is 1. The maximum absolute atomic E-state index is 12.9. The first kappa shape index (κ1) is 26.9. The van der Waals surface area contributed by atoms with Crippen LogP contribution < -0.4 is 10.0 Å². The first-order valence-corrected chi connectivity index (χ1v) is 13.5. The molecule has 2 aromatic carbocycles. The SMILES string of the molecule is C=CS(=O)(=O)NC[C@H]1CCN(S(=O)(=O)c2ccc(CNC(=O)c3ccc(C(F)(F)F)cc3)cc2)C1. The van der Waals surface area contributed by atoms with Crippen molar-refractivity contribution >= 4 is 26.0 Å². The topological polar surface area (TPSA) is 113 Å². The Hall–Kier alpha value is -2.74. The van der Waals surface area contributed by atoms with Crippen LogP contribution in [0.5, 0.6) is 0 Å². The molecular formula is C22H24F3N3O5S2. The van der Waals surface area contributed by atoms with Gasteiger partial charge in [-0.3, -0.25) is 4.79 Å². The average Bonchev–Trinajstić information content (AvgIpc) is 3.31. The summed E-state index contributed by atoms with van der Waals surface area (Å²) in [6.07, 6.45) is -3.98. The highest BCUT2D eigenvalue weighted by Gasteiger charge is 2.33. The molecule has 35 heavy (non-hydrogen) atoms. The molecule has 1 atom stereocenters. The summed E-state index contributed by atoms with van der Waals surface area (Å²) in [5, 5.41) is 3.38. The number of halogens is 3. The van der Waals surface area contributed by atoms with Crippen LogP contribution in [0.4, 0.5) is 13.2 Å². The largest absolute Gasteiger partial charge is 0.416 e. The zero-order chi connectivity index (χ0) is 25.9. The molecule has 1 aliphatic heterocycles. The molecule has 0 spiro atoms. The third-order valence-corrected chi connectivity index (χ3v) is 8.42. The number of alkyl halides is 3.